The van der Waals surface area contributed by atoms with E-state index in [4.69, 9.17) is 21.6 Å². The van der Waals surface area contributed by atoms with Gasteiger partial charge in [-0.1, -0.05) is 67.1 Å². The summed E-state index contributed by atoms with van der Waals surface area (Å²) >= 11 is 8.05. The minimum Gasteiger partial charge on any atom is -0.365 e. The molecule has 0 amide bonds. The van der Waals surface area contributed by atoms with Crippen molar-refractivity contribution in [3.05, 3.63) is 87.5 Å². The molecule has 1 N–H and O–H groups in total. The molecular weight excluding hydrogens is 374 g/mol. The first-order valence-electron chi connectivity index (χ1n) is 9.03. The lowest BCUT2D eigenvalue weighted by atomic mass is 10.1. The number of nitrogens with one attached hydrogen (secondary N) is 1. The van der Waals surface area contributed by atoms with Crippen LogP contribution in [0, 0.1) is 0 Å². The molecule has 0 bridgehead atoms. The Kier molecular flexibility index (Phi) is 5.37. The van der Waals surface area contributed by atoms with E-state index in [0.29, 0.717) is 6.54 Å². The molecule has 0 aliphatic carbocycles. The first kappa shape index (κ1) is 18.0. The van der Waals surface area contributed by atoms with Crippen molar-refractivity contribution in [3.8, 4) is 0 Å². The van der Waals surface area contributed by atoms with Crippen molar-refractivity contribution in [2.75, 3.05) is 5.32 Å². The van der Waals surface area contributed by atoms with Crippen molar-refractivity contribution in [2.24, 2.45) is 0 Å². The quantitative estimate of drug-likeness (QED) is 0.429. The van der Waals surface area contributed by atoms with Gasteiger partial charge in [-0.25, -0.2) is 9.97 Å². The van der Waals surface area contributed by atoms with Crippen LogP contribution in [0.25, 0.3) is 10.2 Å². The number of fused-ring (bicyclic) bond motifs is 1. The molecule has 0 unspecified atom stereocenters. The van der Waals surface area contributed by atoms with Crippen LogP contribution in [0.15, 0.2) is 60.7 Å². The number of aromatic nitrogens is 2. The summed E-state index contributed by atoms with van der Waals surface area (Å²) in [4.78, 5) is 12.0. The number of aryl methyl sites for hydroxylation is 1. The minimum absolute atomic E-state index is 0.633. The molecule has 0 saturated carbocycles. The van der Waals surface area contributed by atoms with Crippen LogP contribution in [0.3, 0.4) is 0 Å². The Morgan fingerprint density at radius 3 is 2.56 bits per heavy atom. The van der Waals surface area contributed by atoms with E-state index < -0.39 is 0 Å². The SMILES string of the molecule is CCc1cc2c(NCc3ccccc3Cl)nc(Cc3ccccc3)nc2s1. The van der Waals surface area contributed by atoms with E-state index in [1.165, 1.54) is 10.4 Å². The van der Waals surface area contributed by atoms with E-state index in [9.17, 15) is 0 Å². The van der Waals surface area contributed by atoms with Crippen LogP contribution in [0.1, 0.15) is 28.8 Å². The van der Waals surface area contributed by atoms with Gasteiger partial charge in [-0.05, 0) is 29.7 Å². The largest absolute Gasteiger partial charge is 0.365 e. The molecule has 4 aromatic rings. The number of thiophene rings is 1. The Labute approximate surface area is 168 Å². The third-order valence-electron chi connectivity index (χ3n) is 4.45. The predicted molar refractivity (Wildman–Crippen MR) is 115 cm³/mol. The fourth-order valence-corrected chi connectivity index (χ4v) is 4.19. The summed E-state index contributed by atoms with van der Waals surface area (Å²) in [6.07, 6.45) is 1.72. The zero-order valence-corrected chi connectivity index (χ0v) is 16.6. The van der Waals surface area contributed by atoms with Gasteiger partial charge in [-0.3, -0.25) is 0 Å². The first-order valence-corrected chi connectivity index (χ1v) is 10.2. The lowest BCUT2D eigenvalue weighted by Crippen LogP contribution is -2.05. The summed E-state index contributed by atoms with van der Waals surface area (Å²) in [6, 6.07) is 20.4. The number of halogens is 1. The van der Waals surface area contributed by atoms with E-state index in [-0.39, 0.29) is 0 Å². The molecule has 27 heavy (non-hydrogen) atoms. The molecule has 0 spiro atoms. The Balaban J connectivity index is 1.68. The van der Waals surface area contributed by atoms with Crippen LogP contribution in [-0.2, 0) is 19.4 Å². The highest BCUT2D eigenvalue weighted by Crippen LogP contribution is 2.30. The average Bonchev–Trinajstić information content (AvgIpc) is 3.11. The molecule has 2 heterocycles. The number of rotatable bonds is 6. The maximum Gasteiger partial charge on any atom is 0.138 e. The first-order chi connectivity index (χ1) is 13.2. The molecule has 5 heteroatoms. The normalized spacial score (nSPS) is 11.0. The second-order valence-electron chi connectivity index (χ2n) is 6.38. The zero-order chi connectivity index (χ0) is 18.6. The zero-order valence-electron chi connectivity index (χ0n) is 15.1. The number of hydrogen-bond donors (Lipinski definition) is 1. The van der Waals surface area contributed by atoms with Gasteiger partial charge >= 0.3 is 0 Å². The van der Waals surface area contributed by atoms with Crippen LogP contribution in [0.2, 0.25) is 5.02 Å². The van der Waals surface area contributed by atoms with Crippen molar-refractivity contribution in [2.45, 2.75) is 26.3 Å². The molecule has 4 rings (SSSR count). The third kappa shape index (κ3) is 4.12. The van der Waals surface area contributed by atoms with Crippen LogP contribution in [0.5, 0.6) is 0 Å². The van der Waals surface area contributed by atoms with Crippen molar-refractivity contribution in [1.82, 2.24) is 9.97 Å². The molecule has 3 nitrogen and oxygen atoms in total. The van der Waals surface area contributed by atoms with Gasteiger partial charge in [0.15, 0.2) is 0 Å². The standard InChI is InChI=1S/C22H20ClN3S/c1-2-17-13-18-21(24-14-16-10-6-7-11-19(16)23)25-20(26-22(18)27-17)12-15-8-4-3-5-9-15/h3-11,13H,2,12,14H2,1H3,(H,24,25,26). The summed E-state index contributed by atoms with van der Waals surface area (Å²) in [5, 5.41) is 5.33. The number of hydrogen-bond acceptors (Lipinski definition) is 4. The minimum atomic E-state index is 0.633. The lowest BCUT2D eigenvalue weighted by Gasteiger charge is -2.10. The average molecular weight is 394 g/mol. The molecule has 0 radical (unpaired) electrons. The summed E-state index contributed by atoms with van der Waals surface area (Å²) in [5.74, 6) is 1.71. The Morgan fingerprint density at radius 1 is 1.00 bits per heavy atom. The maximum absolute atomic E-state index is 6.30. The van der Waals surface area contributed by atoms with Gasteiger partial charge in [0.2, 0.25) is 0 Å². The van der Waals surface area contributed by atoms with E-state index in [1.54, 1.807) is 11.3 Å². The summed E-state index contributed by atoms with van der Waals surface area (Å²) in [5.41, 5.74) is 2.27. The van der Waals surface area contributed by atoms with Crippen LogP contribution in [-0.4, -0.2) is 9.97 Å². The summed E-state index contributed by atoms with van der Waals surface area (Å²) in [6.45, 7) is 2.80. The Hall–Kier alpha value is -2.43. The van der Waals surface area contributed by atoms with Gasteiger partial charge in [-0.15, -0.1) is 11.3 Å². The molecule has 2 aromatic heterocycles. The summed E-state index contributed by atoms with van der Waals surface area (Å²) in [7, 11) is 0. The second-order valence-corrected chi connectivity index (χ2v) is 7.90. The van der Waals surface area contributed by atoms with Gasteiger partial charge in [0, 0.05) is 22.9 Å². The smallest absolute Gasteiger partial charge is 0.138 e. The van der Waals surface area contributed by atoms with E-state index >= 15 is 0 Å². The maximum atomic E-state index is 6.30. The van der Waals surface area contributed by atoms with Crippen molar-refractivity contribution >= 4 is 39.0 Å². The van der Waals surface area contributed by atoms with Crippen molar-refractivity contribution in [3.63, 3.8) is 0 Å². The number of benzene rings is 2. The highest BCUT2D eigenvalue weighted by molar-refractivity contribution is 7.18. The molecule has 0 fully saturated rings. The molecule has 0 aliphatic heterocycles. The van der Waals surface area contributed by atoms with Crippen LogP contribution in [0.4, 0.5) is 5.82 Å². The van der Waals surface area contributed by atoms with E-state index in [2.05, 4.69) is 30.4 Å². The monoisotopic (exact) mass is 393 g/mol. The number of anilines is 1. The van der Waals surface area contributed by atoms with E-state index in [1.807, 2.05) is 42.5 Å². The Morgan fingerprint density at radius 2 is 1.78 bits per heavy atom. The molecule has 0 aliphatic rings. The van der Waals surface area contributed by atoms with Gasteiger partial charge in [0.1, 0.15) is 16.5 Å². The Bertz CT molecular complexity index is 1060. The third-order valence-corrected chi connectivity index (χ3v) is 5.99. The molecule has 0 atom stereocenters. The lowest BCUT2D eigenvalue weighted by molar-refractivity contribution is 0.985. The van der Waals surface area contributed by atoms with Gasteiger partial charge in [-0.2, -0.15) is 0 Å². The molecule has 136 valence electrons. The molecule has 2 aromatic carbocycles. The van der Waals surface area contributed by atoms with Gasteiger partial charge in [0.25, 0.3) is 0 Å². The fraction of sp³-hybridized carbons (Fsp3) is 0.182. The highest BCUT2D eigenvalue weighted by atomic mass is 35.5. The topological polar surface area (TPSA) is 37.8 Å². The number of nitrogens with zero attached hydrogens (tertiary/aromatic N) is 2. The highest BCUT2D eigenvalue weighted by Gasteiger charge is 2.12. The fourth-order valence-electron chi connectivity index (χ4n) is 3.00. The molecular formula is C22H20ClN3S. The van der Waals surface area contributed by atoms with Crippen molar-refractivity contribution in [1.29, 1.82) is 0 Å². The van der Waals surface area contributed by atoms with Gasteiger partial charge in [0.05, 0.1) is 5.39 Å². The van der Waals surface area contributed by atoms with Crippen LogP contribution < -0.4 is 5.32 Å². The summed E-state index contributed by atoms with van der Waals surface area (Å²) < 4.78 is 0. The molecule has 0 saturated heterocycles. The second kappa shape index (κ2) is 8.07. The van der Waals surface area contributed by atoms with Crippen LogP contribution >= 0.6 is 22.9 Å². The van der Waals surface area contributed by atoms with Crippen molar-refractivity contribution < 1.29 is 0 Å². The van der Waals surface area contributed by atoms with Gasteiger partial charge < -0.3 is 5.32 Å². The predicted octanol–water partition coefficient (Wildman–Crippen LogP) is 6.11. The van der Waals surface area contributed by atoms with E-state index in [0.717, 1.165) is 45.3 Å².